The van der Waals surface area contributed by atoms with Crippen LogP contribution < -0.4 is 16.2 Å². The van der Waals surface area contributed by atoms with E-state index in [0.29, 0.717) is 98.3 Å². The lowest BCUT2D eigenvalue weighted by atomic mass is 9.59. The Morgan fingerprint density at radius 2 is 1.54 bits per heavy atom. The molecule has 0 radical (unpaired) electrons. The summed E-state index contributed by atoms with van der Waals surface area (Å²) in [7, 11) is 0. The molecule has 2 aromatic carbocycles. The SMILES string of the molecule is O=C(CNCc1ccncn1)Nc1cc(C2CC3(COC3)C2)cnc1C(=O)N1CCC(CN2CCN(CC(=O)N3CCN(C(=O)c4cc(Cc5n[nH]c(=O)c6ccccc56)ccc4F)CC3)CC2)CC1. The second-order valence-corrected chi connectivity index (χ2v) is 19.6. The van der Waals surface area contributed by atoms with Gasteiger partial charge >= 0.3 is 0 Å². The number of piperidine rings is 1. The number of hydrogen-bond acceptors (Lipinski definition) is 13. The van der Waals surface area contributed by atoms with E-state index in [0.717, 1.165) is 82.9 Å². The molecule has 1 spiro atoms. The summed E-state index contributed by atoms with van der Waals surface area (Å²) in [5, 5.41) is 14.1. The lowest BCUT2D eigenvalue weighted by molar-refractivity contribution is -0.164. The van der Waals surface area contributed by atoms with Gasteiger partial charge in [0.25, 0.3) is 17.4 Å². The molecule has 4 aliphatic heterocycles. The van der Waals surface area contributed by atoms with Gasteiger partial charge in [-0.05, 0) is 79.0 Å². The molecule has 3 N–H and O–H groups in total. The van der Waals surface area contributed by atoms with Crippen LogP contribution in [0.3, 0.4) is 0 Å². The molecule has 0 unspecified atom stereocenters. The molecule has 5 aliphatic rings. The number of pyridine rings is 1. The number of aromatic amines is 1. The fourth-order valence-electron chi connectivity index (χ4n) is 10.7. The number of hydrogen-bond donors (Lipinski definition) is 3. The maximum Gasteiger partial charge on any atom is 0.274 e. The van der Waals surface area contributed by atoms with Crippen LogP contribution in [-0.4, -0.2) is 172 Å². The zero-order valence-corrected chi connectivity index (χ0v) is 39.3. The monoisotopic (exact) mass is 954 g/mol. The van der Waals surface area contributed by atoms with Crippen molar-refractivity contribution in [1.29, 1.82) is 0 Å². The molecule has 5 fully saturated rings. The molecule has 4 saturated heterocycles. The van der Waals surface area contributed by atoms with Crippen LogP contribution in [0, 0.1) is 17.2 Å². The molecule has 1 aliphatic carbocycles. The van der Waals surface area contributed by atoms with Gasteiger partial charge in [0, 0.05) is 108 Å². The van der Waals surface area contributed by atoms with Crippen molar-refractivity contribution in [3.63, 3.8) is 0 Å². The largest absolute Gasteiger partial charge is 0.380 e. The van der Waals surface area contributed by atoms with Gasteiger partial charge < -0.3 is 35.0 Å². The highest BCUT2D eigenvalue weighted by molar-refractivity contribution is 6.03. The number of halogens is 1. The van der Waals surface area contributed by atoms with Gasteiger partial charge in [0.2, 0.25) is 11.8 Å². The van der Waals surface area contributed by atoms with E-state index < -0.39 is 11.7 Å². The number of ether oxygens (including phenoxy) is 1. The molecule has 18 nitrogen and oxygen atoms in total. The van der Waals surface area contributed by atoms with Gasteiger partial charge in [-0.3, -0.25) is 28.9 Å². The number of H-pyrrole nitrogens is 1. The van der Waals surface area contributed by atoms with Crippen LogP contribution >= 0.6 is 0 Å². The minimum atomic E-state index is -0.610. The average Bonchev–Trinajstić information content (AvgIpc) is 3.35. The Bertz CT molecular complexity index is 2780. The number of likely N-dealkylation sites (tertiary alicyclic amines) is 1. The molecule has 1 saturated carbocycles. The highest BCUT2D eigenvalue weighted by Crippen LogP contribution is 2.55. The van der Waals surface area contributed by atoms with Crippen LogP contribution in [0.2, 0.25) is 0 Å². The van der Waals surface area contributed by atoms with Crippen LogP contribution in [0.1, 0.15) is 75.0 Å². The summed E-state index contributed by atoms with van der Waals surface area (Å²) in [5.74, 6) is -0.700. The summed E-state index contributed by atoms with van der Waals surface area (Å²) in [4.78, 5) is 89.3. The topological polar surface area (TPSA) is 202 Å². The number of piperazine rings is 2. The van der Waals surface area contributed by atoms with Gasteiger partial charge in [0.05, 0.1) is 54.3 Å². The zero-order valence-electron chi connectivity index (χ0n) is 39.3. The molecule has 7 heterocycles. The van der Waals surface area contributed by atoms with Crippen LogP contribution in [0.15, 0.2) is 78.1 Å². The molecule has 5 aromatic rings. The fraction of sp³-hybridized carbons (Fsp3) is 0.471. The molecular formula is C51H59FN12O6. The van der Waals surface area contributed by atoms with Crippen molar-refractivity contribution in [2.75, 3.05) is 104 Å². The van der Waals surface area contributed by atoms with Gasteiger partial charge in [-0.1, -0.05) is 24.3 Å². The van der Waals surface area contributed by atoms with E-state index in [1.165, 1.54) is 12.4 Å². The maximum atomic E-state index is 15.1. The fourth-order valence-corrected chi connectivity index (χ4v) is 10.7. The standard InChI is InChI=1S/C51H59FN12O6/c52-42-6-5-35(22-43-39-3-1-2-4-40(39)48(67)59-58-43)21-41(42)49(68)64-19-17-62(18-20-64)46(66)30-61-15-13-60(14-16-61)29-34-8-11-63(12-9-34)50(69)47-44(57-45(65)28-54-27-38-7-10-53-33-56-38)23-36(26-55-47)37-24-51(25-37)31-70-32-51/h1-7,10,21,23,26,33-34,37,54H,8-9,11-20,22,24-25,27-32H2,(H,57,65)(H,59,67). The molecule has 4 amide bonds. The first-order valence-electron chi connectivity index (χ1n) is 24.5. The normalized spacial score (nSPS) is 19.0. The minimum Gasteiger partial charge on any atom is -0.380 e. The third-order valence-electron chi connectivity index (χ3n) is 14.8. The van der Waals surface area contributed by atoms with E-state index in [1.54, 1.807) is 52.5 Å². The van der Waals surface area contributed by atoms with Crippen molar-refractivity contribution in [3.05, 3.63) is 123 Å². The number of fused-ring (bicyclic) bond motifs is 1. The number of rotatable bonds is 14. The van der Waals surface area contributed by atoms with Gasteiger partial charge in [-0.15, -0.1) is 0 Å². The minimum absolute atomic E-state index is 0.0219. The van der Waals surface area contributed by atoms with Gasteiger partial charge in [0.15, 0.2) is 5.69 Å². The number of aromatic nitrogens is 5. The summed E-state index contributed by atoms with van der Waals surface area (Å²) in [6.45, 7) is 9.06. The summed E-state index contributed by atoms with van der Waals surface area (Å²) in [6.07, 6.45) is 8.99. The molecule has 10 rings (SSSR count). The van der Waals surface area contributed by atoms with Crippen LogP contribution in [0.25, 0.3) is 10.8 Å². The predicted octanol–water partition coefficient (Wildman–Crippen LogP) is 2.91. The quantitative estimate of drug-likeness (QED) is 0.147. The van der Waals surface area contributed by atoms with E-state index >= 15 is 4.39 Å². The summed E-state index contributed by atoms with van der Waals surface area (Å²) < 4.78 is 20.6. The summed E-state index contributed by atoms with van der Waals surface area (Å²) in [5.41, 5.74) is 3.77. The van der Waals surface area contributed by atoms with Crippen LogP contribution in [0.4, 0.5) is 10.1 Å². The van der Waals surface area contributed by atoms with E-state index in [1.807, 2.05) is 23.1 Å². The Kier molecular flexibility index (Phi) is 14.0. The summed E-state index contributed by atoms with van der Waals surface area (Å²) in [6, 6.07) is 15.4. The number of nitrogens with one attached hydrogen (secondary N) is 3. The number of nitrogens with zero attached hydrogens (tertiary/aromatic N) is 9. The highest BCUT2D eigenvalue weighted by Gasteiger charge is 2.50. The van der Waals surface area contributed by atoms with E-state index in [-0.39, 0.29) is 46.5 Å². The van der Waals surface area contributed by atoms with Gasteiger partial charge in [-0.2, -0.15) is 5.10 Å². The smallest absolute Gasteiger partial charge is 0.274 e. The lowest BCUT2D eigenvalue weighted by Crippen LogP contribution is -2.55. The number of benzene rings is 2. The van der Waals surface area contributed by atoms with Crippen LogP contribution in [-0.2, 0) is 27.3 Å². The van der Waals surface area contributed by atoms with Gasteiger partial charge in [0.1, 0.15) is 12.1 Å². The number of anilines is 1. The molecular weight excluding hydrogens is 896 g/mol. The van der Waals surface area contributed by atoms with Crippen molar-refractivity contribution < 1.29 is 28.3 Å². The maximum absolute atomic E-state index is 15.1. The van der Waals surface area contributed by atoms with Crippen LogP contribution in [0.5, 0.6) is 0 Å². The average molecular weight is 955 g/mol. The first-order chi connectivity index (χ1) is 34.1. The van der Waals surface area contributed by atoms with Crippen molar-refractivity contribution in [2.24, 2.45) is 11.3 Å². The second kappa shape index (κ2) is 20.8. The molecule has 3 aromatic heterocycles. The third-order valence-corrected chi connectivity index (χ3v) is 14.8. The van der Waals surface area contributed by atoms with Crippen molar-refractivity contribution in [1.82, 2.24) is 55.0 Å². The van der Waals surface area contributed by atoms with E-state index in [2.05, 4.69) is 40.6 Å². The molecule has 0 atom stereocenters. The third kappa shape index (κ3) is 10.6. The molecule has 70 heavy (non-hydrogen) atoms. The summed E-state index contributed by atoms with van der Waals surface area (Å²) >= 11 is 0. The van der Waals surface area contributed by atoms with Gasteiger partial charge in [-0.25, -0.2) is 24.4 Å². The van der Waals surface area contributed by atoms with Crippen molar-refractivity contribution in [2.45, 2.75) is 44.6 Å². The Morgan fingerprint density at radius 3 is 2.27 bits per heavy atom. The number of amides is 4. The Morgan fingerprint density at radius 1 is 0.814 bits per heavy atom. The van der Waals surface area contributed by atoms with E-state index in [9.17, 15) is 24.0 Å². The number of carbonyl (C=O) groups is 4. The predicted molar refractivity (Wildman–Crippen MR) is 257 cm³/mol. The molecule has 0 bridgehead atoms. The Hall–Kier alpha value is -6.54. The first-order valence-corrected chi connectivity index (χ1v) is 24.5. The number of carbonyl (C=O) groups excluding carboxylic acids is 4. The molecule has 366 valence electrons. The van der Waals surface area contributed by atoms with Crippen molar-refractivity contribution in [3.8, 4) is 0 Å². The lowest BCUT2D eigenvalue weighted by Gasteiger charge is -2.53. The van der Waals surface area contributed by atoms with Crippen molar-refractivity contribution >= 4 is 40.1 Å². The highest BCUT2D eigenvalue weighted by atomic mass is 19.1. The second-order valence-electron chi connectivity index (χ2n) is 19.6. The zero-order chi connectivity index (χ0) is 48.2. The Labute approximate surface area is 405 Å². The molecule has 19 heteroatoms. The Balaban J connectivity index is 0.660. The van der Waals surface area contributed by atoms with E-state index in [4.69, 9.17) is 9.72 Å². The first kappa shape index (κ1) is 47.2.